The summed E-state index contributed by atoms with van der Waals surface area (Å²) in [6.07, 6.45) is 1.94. The Balaban J connectivity index is 2.03. The molecule has 3 nitrogen and oxygen atoms in total. The number of nitrogens with zero attached hydrogens (tertiary/aromatic N) is 2. The molecule has 1 heterocycles. The molecule has 0 spiro atoms. The van der Waals surface area contributed by atoms with Crippen molar-refractivity contribution in [2.45, 2.75) is 33.4 Å². The first-order chi connectivity index (χ1) is 8.59. The zero-order chi connectivity index (χ0) is 13.1. The van der Waals surface area contributed by atoms with Crippen LogP contribution in [0.15, 0.2) is 30.5 Å². The van der Waals surface area contributed by atoms with Gasteiger partial charge in [0.05, 0.1) is 6.20 Å². The molecule has 18 heavy (non-hydrogen) atoms. The SMILES string of the molecule is Cc1ccccc1[C@H](C)NCc1cnn(C)c1C. The van der Waals surface area contributed by atoms with Crippen LogP contribution in [0.2, 0.25) is 0 Å². The number of aromatic nitrogens is 2. The van der Waals surface area contributed by atoms with E-state index in [-0.39, 0.29) is 0 Å². The number of nitrogens with one attached hydrogen (secondary N) is 1. The van der Waals surface area contributed by atoms with Crippen molar-refractivity contribution < 1.29 is 0 Å². The molecule has 1 aromatic heterocycles. The Labute approximate surface area is 109 Å². The zero-order valence-corrected chi connectivity index (χ0v) is 11.6. The van der Waals surface area contributed by atoms with Crippen molar-refractivity contribution in [3.05, 3.63) is 52.8 Å². The fraction of sp³-hybridized carbons (Fsp3) is 0.400. The Morgan fingerprint density at radius 2 is 2.00 bits per heavy atom. The van der Waals surface area contributed by atoms with Gasteiger partial charge < -0.3 is 5.32 Å². The minimum atomic E-state index is 0.353. The number of rotatable bonds is 4. The maximum Gasteiger partial charge on any atom is 0.0537 e. The summed E-state index contributed by atoms with van der Waals surface area (Å²) >= 11 is 0. The molecule has 0 bridgehead atoms. The van der Waals surface area contributed by atoms with Crippen molar-refractivity contribution in [1.29, 1.82) is 0 Å². The molecule has 0 saturated carbocycles. The molecule has 0 aliphatic carbocycles. The van der Waals surface area contributed by atoms with E-state index in [0.717, 1.165) is 6.54 Å². The maximum atomic E-state index is 4.26. The second kappa shape index (κ2) is 5.36. The summed E-state index contributed by atoms with van der Waals surface area (Å²) in [6, 6.07) is 8.87. The van der Waals surface area contributed by atoms with Crippen LogP contribution in [0.25, 0.3) is 0 Å². The minimum absolute atomic E-state index is 0.353. The van der Waals surface area contributed by atoms with Gasteiger partial charge in [0, 0.05) is 30.9 Å². The van der Waals surface area contributed by atoms with Crippen LogP contribution in [-0.4, -0.2) is 9.78 Å². The molecular formula is C15H21N3. The van der Waals surface area contributed by atoms with Crippen molar-refractivity contribution in [1.82, 2.24) is 15.1 Å². The lowest BCUT2D eigenvalue weighted by atomic mass is 10.0. The molecule has 0 fully saturated rings. The second-order valence-corrected chi connectivity index (χ2v) is 4.84. The maximum absolute atomic E-state index is 4.26. The molecule has 2 rings (SSSR count). The first-order valence-electron chi connectivity index (χ1n) is 6.36. The van der Waals surface area contributed by atoms with Gasteiger partial charge in [0.2, 0.25) is 0 Å². The Bertz CT molecular complexity index is 528. The number of benzene rings is 1. The van der Waals surface area contributed by atoms with Gasteiger partial charge in [-0.15, -0.1) is 0 Å². The van der Waals surface area contributed by atoms with Crippen molar-refractivity contribution in [3.8, 4) is 0 Å². The first kappa shape index (κ1) is 12.8. The van der Waals surface area contributed by atoms with Gasteiger partial charge in [-0.1, -0.05) is 24.3 Å². The molecule has 3 heteroatoms. The van der Waals surface area contributed by atoms with Crippen LogP contribution in [0.3, 0.4) is 0 Å². The van der Waals surface area contributed by atoms with E-state index >= 15 is 0 Å². The lowest BCUT2D eigenvalue weighted by molar-refractivity contribution is 0.570. The van der Waals surface area contributed by atoms with Gasteiger partial charge in [-0.3, -0.25) is 4.68 Å². The normalized spacial score (nSPS) is 12.7. The Morgan fingerprint density at radius 1 is 1.28 bits per heavy atom. The van der Waals surface area contributed by atoms with Crippen LogP contribution >= 0.6 is 0 Å². The lowest BCUT2D eigenvalue weighted by Gasteiger charge is -2.16. The van der Waals surface area contributed by atoms with E-state index in [1.54, 1.807) is 0 Å². The summed E-state index contributed by atoms with van der Waals surface area (Å²) in [5, 5.41) is 7.82. The van der Waals surface area contributed by atoms with Crippen LogP contribution in [0.4, 0.5) is 0 Å². The fourth-order valence-corrected chi connectivity index (χ4v) is 2.16. The second-order valence-electron chi connectivity index (χ2n) is 4.84. The van der Waals surface area contributed by atoms with Crippen molar-refractivity contribution in [2.75, 3.05) is 0 Å². The number of hydrogen-bond donors (Lipinski definition) is 1. The summed E-state index contributed by atoms with van der Waals surface area (Å²) in [5.74, 6) is 0. The van der Waals surface area contributed by atoms with Crippen LogP contribution in [0, 0.1) is 13.8 Å². The smallest absolute Gasteiger partial charge is 0.0537 e. The summed E-state index contributed by atoms with van der Waals surface area (Å²) in [7, 11) is 1.98. The van der Waals surface area contributed by atoms with E-state index in [1.165, 1.54) is 22.4 Å². The predicted octanol–water partition coefficient (Wildman–Crippen LogP) is 2.89. The quantitative estimate of drug-likeness (QED) is 0.895. The van der Waals surface area contributed by atoms with Crippen LogP contribution in [0.1, 0.15) is 35.3 Å². The average molecular weight is 243 g/mol. The molecule has 1 N–H and O–H groups in total. The molecule has 1 atom stereocenters. The third-order valence-electron chi connectivity index (χ3n) is 3.59. The highest BCUT2D eigenvalue weighted by atomic mass is 15.3. The van der Waals surface area contributed by atoms with E-state index in [4.69, 9.17) is 0 Å². The molecular weight excluding hydrogens is 222 g/mol. The highest BCUT2D eigenvalue weighted by Crippen LogP contribution is 2.17. The van der Waals surface area contributed by atoms with Gasteiger partial charge in [-0.05, 0) is 31.9 Å². The molecule has 1 aromatic carbocycles. The Hall–Kier alpha value is -1.61. The molecule has 0 radical (unpaired) electrons. The Kier molecular flexibility index (Phi) is 3.82. The van der Waals surface area contributed by atoms with E-state index in [0.29, 0.717) is 6.04 Å². The molecule has 96 valence electrons. The molecule has 0 aliphatic rings. The highest BCUT2D eigenvalue weighted by molar-refractivity contribution is 5.28. The van der Waals surface area contributed by atoms with Crippen molar-refractivity contribution in [2.24, 2.45) is 7.05 Å². The molecule has 0 saturated heterocycles. The van der Waals surface area contributed by atoms with Gasteiger partial charge in [0.15, 0.2) is 0 Å². The minimum Gasteiger partial charge on any atom is -0.306 e. The molecule has 2 aromatic rings. The number of hydrogen-bond acceptors (Lipinski definition) is 2. The fourth-order valence-electron chi connectivity index (χ4n) is 2.16. The van der Waals surface area contributed by atoms with E-state index in [1.807, 2.05) is 17.9 Å². The predicted molar refractivity (Wildman–Crippen MR) is 74.4 cm³/mol. The van der Waals surface area contributed by atoms with Gasteiger partial charge >= 0.3 is 0 Å². The third kappa shape index (κ3) is 2.62. The van der Waals surface area contributed by atoms with E-state index in [9.17, 15) is 0 Å². The van der Waals surface area contributed by atoms with Crippen LogP contribution in [-0.2, 0) is 13.6 Å². The number of aryl methyl sites for hydroxylation is 2. The summed E-state index contributed by atoms with van der Waals surface area (Å²) < 4.78 is 1.91. The summed E-state index contributed by atoms with van der Waals surface area (Å²) in [4.78, 5) is 0. The monoisotopic (exact) mass is 243 g/mol. The standard InChI is InChI=1S/C15H21N3/c1-11-7-5-6-8-15(11)12(2)16-9-14-10-17-18(4)13(14)3/h5-8,10,12,16H,9H2,1-4H3/t12-/m0/s1. The molecule has 0 unspecified atom stereocenters. The van der Waals surface area contributed by atoms with Crippen LogP contribution < -0.4 is 5.32 Å². The van der Waals surface area contributed by atoms with Gasteiger partial charge in [-0.2, -0.15) is 5.10 Å². The van der Waals surface area contributed by atoms with Crippen molar-refractivity contribution in [3.63, 3.8) is 0 Å². The van der Waals surface area contributed by atoms with E-state index < -0.39 is 0 Å². The van der Waals surface area contributed by atoms with Gasteiger partial charge in [0.25, 0.3) is 0 Å². The van der Waals surface area contributed by atoms with Gasteiger partial charge in [-0.25, -0.2) is 0 Å². The summed E-state index contributed by atoms with van der Waals surface area (Å²) in [6.45, 7) is 7.31. The third-order valence-corrected chi connectivity index (χ3v) is 3.59. The van der Waals surface area contributed by atoms with Crippen LogP contribution in [0.5, 0.6) is 0 Å². The van der Waals surface area contributed by atoms with Crippen molar-refractivity contribution >= 4 is 0 Å². The van der Waals surface area contributed by atoms with E-state index in [2.05, 4.69) is 55.5 Å². The average Bonchev–Trinajstić information content (AvgIpc) is 2.68. The first-order valence-corrected chi connectivity index (χ1v) is 6.36. The largest absolute Gasteiger partial charge is 0.306 e. The molecule has 0 amide bonds. The summed E-state index contributed by atoms with van der Waals surface area (Å²) in [5.41, 5.74) is 5.18. The highest BCUT2D eigenvalue weighted by Gasteiger charge is 2.09. The molecule has 0 aliphatic heterocycles. The topological polar surface area (TPSA) is 29.9 Å². The lowest BCUT2D eigenvalue weighted by Crippen LogP contribution is -2.19. The Morgan fingerprint density at radius 3 is 2.61 bits per heavy atom. The van der Waals surface area contributed by atoms with Gasteiger partial charge in [0.1, 0.15) is 0 Å². The zero-order valence-electron chi connectivity index (χ0n) is 11.6.